The van der Waals surface area contributed by atoms with Gasteiger partial charge in [0.2, 0.25) is 11.9 Å². The van der Waals surface area contributed by atoms with Crippen LogP contribution in [0.3, 0.4) is 0 Å². The second kappa shape index (κ2) is 11.4. The fraction of sp³-hybridized carbons (Fsp3) is 0.259. The van der Waals surface area contributed by atoms with Crippen LogP contribution in [0, 0.1) is 0 Å². The van der Waals surface area contributed by atoms with Crippen LogP contribution in [0.25, 0.3) is 11.0 Å². The molecule has 2 aromatic heterocycles. The molecule has 0 radical (unpaired) electrons. The molecule has 10 nitrogen and oxygen atoms in total. The summed E-state index contributed by atoms with van der Waals surface area (Å²) in [4.78, 5) is 43.4. The first-order valence-electron chi connectivity index (χ1n) is 12.2. The third-order valence-electron chi connectivity index (χ3n) is 6.10. The number of nitrogens with two attached hydrogens (primary N) is 1. The van der Waals surface area contributed by atoms with Crippen molar-refractivity contribution < 1.29 is 14.4 Å². The van der Waals surface area contributed by atoms with Gasteiger partial charge in [-0.15, -0.1) is 0 Å². The largest absolute Gasteiger partial charge is 0.366 e. The Bertz CT molecular complexity index is 1410. The molecule has 0 spiro atoms. The van der Waals surface area contributed by atoms with E-state index in [0.717, 1.165) is 11.1 Å². The van der Waals surface area contributed by atoms with Crippen molar-refractivity contribution in [2.75, 3.05) is 18.9 Å². The van der Waals surface area contributed by atoms with Crippen LogP contribution >= 0.6 is 0 Å². The Kier molecular flexibility index (Phi) is 7.87. The Morgan fingerprint density at radius 3 is 2.57 bits per heavy atom. The van der Waals surface area contributed by atoms with E-state index in [1.807, 2.05) is 58.7 Å². The lowest BCUT2D eigenvalue weighted by molar-refractivity contribution is 0.0996. The summed E-state index contributed by atoms with van der Waals surface area (Å²) in [6.07, 6.45) is 2.44. The summed E-state index contributed by atoms with van der Waals surface area (Å²) in [5.74, 6) is -0.475. The number of hydrogen-bond acceptors (Lipinski definition) is 4. The standard InChI is InChI=1S/C27H31N7O3/c1-3-33-15-7-11-23(33)25(36)31-26-30-21-17-20(24(28)35)12-13-22(21)34(26)16-8-14-29-27(37)32(2)18-19-9-5-4-6-10-19/h4-7,9-13,15,17H,3,8,14,16,18H2,1-2H3,(H2,28,35)(H,29,37)(H,30,31,36). The average Bonchev–Trinajstić information content (AvgIpc) is 3.51. The van der Waals surface area contributed by atoms with Gasteiger partial charge in [-0.2, -0.15) is 0 Å². The summed E-state index contributed by atoms with van der Waals surface area (Å²) in [6.45, 7) is 4.05. The van der Waals surface area contributed by atoms with E-state index in [9.17, 15) is 14.4 Å². The molecule has 0 atom stereocenters. The van der Waals surface area contributed by atoms with Crippen molar-refractivity contribution in [1.29, 1.82) is 0 Å². The van der Waals surface area contributed by atoms with E-state index in [0.29, 0.717) is 55.3 Å². The number of aromatic nitrogens is 3. The van der Waals surface area contributed by atoms with Gasteiger partial charge in [0, 0.05) is 45.0 Å². The van der Waals surface area contributed by atoms with E-state index in [1.54, 1.807) is 36.2 Å². The Morgan fingerprint density at radius 1 is 1.05 bits per heavy atom. The molecule has 4 N–H and O–H groups in total. The fourth-order valence-corrected chi connectivity index (χ4v) is 4.16. The van der Waals surface area contributed by atoms with Crippen molar-refractivity contribution in [2.45, 2.75) is 33.0 Å². The number of imidazole rings is 1. The van der Waals surface area contributed by atoms with Gasteiger partial charge in [0.1, 0.15) is 5.69 Å². The summed E-state index contributed by atoms with van der Waals surface area (Å²) in [5.41, 5.74) is 8.64. The minimum Gasteiger partial charge on any atom is -0.366 e. The summed E-state index contributed by atoms with van der Waals surface area (Å²) < 4.78 is 3.71. The molecule has 0 aliphatic carbocycles. The monoisotopic (exact) mass is 501 g/mol. The molecule has 0 saturated carbocycles. The quantitative estimate of drug-likeness (QED) is 0.288. The van der Waals surface area contributed by atoms with Crippen LogP contribution in [-0.2, 0) is 19.6 Å². The third-order valence-corrected chi connectivity index (χ3v) is 6.10. The molecule has 4 amide bonds. The zero-order valence-electron chi connectivity index (χ0n) is 21.0. The average molecular weight is 502 g/mol. The molecule has 0 fully saturated rings. The van der Waals surface area contributed by atoms with Gasteiger partial charge < -0.3 is 25.1 Å². The molecule has 0 aliphatic rings. The molecule has 0 aliphatic heterocycles. The fourth-order valence-electron chi connectivity index (χ4n) is 4.16. The number of hydrogen-bond donors (Lipinski definition) is 3. The highest BCUT2D eigenvalue weighted by Gasteiger charge is 2.17. The lowest BCUT2D eigenvalue weighted by Gasteiger charge is -2.18. The van der Waals surface area contributed by atoms with Crippen LogP contribution in [0.5, 0.6) is 0 Å². The van der Waals surface area contributed by atoms with Gasteiger partial charge in [0.25, 0.3) is 5.91 Å². The predicted octanol–water partition coefficient (Wildman–Crippen LogP) is 3.44. The Balaban J connectivity index is 1.46. The normalized spacial score (nSPS) is 10.9. The number of urea groups is 1. The van der Waals surface area contributed by atoms with Gasteiger partial charge in [-0.25, -0.2) is 9.78 Å². The van der Waals surface area contributed by atoms with E-state index in [2.05, 4.69) is 15.6 Å². The second-order valence-corrected chi connectivity index (χ2v) is 8.72. The van der Waals surface area contributed by atoms with Crippen molar-refractivity contribution >= 4 is 34.8 Å². The smallest absolute Gasteiger partial charge is 0.317 e. The molecule has 4 rings (SSSR count). The number of benzene rings is 2. The number of rotatable bonds is 10. The molecule has 192 valence electrons. The topological polar surface area (TPSA) is 127 Å². The highest BCUT2D eigenvalue weighted by Crippen LogP contribution is 2.22. The lowest BCUT2D eigenvalue weighted by atomic mass is 10.2. The Morgan fingerprint density at radius 2 is 1.84 bits per heavy atom. The maximum absolute atomic E-state index is 13.0. The van der Waals surface area contributed by atoms with E-state index in [1.165, 1.54) is 0 Å². The summed E-state index contributed by atoms with van der Waals surface area (Å²) in [6, 6.07) is 18.2. The number of amides is 4. The van der Waals surface area contributed by atoms with Gasteiger partial charge in [-0.3, -0.25) is 14.9 Å². The van der Waals surface area contributed by atoms with Crippen LogP contribution in [0.1, 0.15) is 39.8 Å². The van der Waals surface area contributed by atoms with Crippen molar-refractivity contribution in [1.82, 2.24) is 24.3 Å². The first kappa shape index (κ1) is 25.5. The maximum Gasteiger partial charge on any atom is 0.317 e. The molecule has 10 heteroatoms. The van der Waals surface area contributed by atoms with Crippen molar-refractivity contribution in [3.63, 3.8) is 0 Å². The molecule has 2 aromatic carbocycles. The molecular formula is C27H31N7O3. The van der Waals surface area contributed by atoms with Crippen LogP contribution < -0.4 is 16.4 Å². The third kappa shape index (κ3) is 5.97. The first-order chi connectivity index (χ1) is 17.9. The van der Waals surface area contributed by atoms with Gasteiger partial charge >= 0.3 is 6.03 Å². The SMILES string of the molecule is CCn1cccc1C(=O)Nc1nc2cc(C(N)=O)ccc2n1CCCNC(=O)N(C)Cc1ccccc1. The van der Waals surface area contributed by atoms with E-state index >= 15 is 0 Å². The van der Waals surface area contributed by atoms with Crippen LogP contribution in [0.15, 0.2) is 66.9 Å². The minimum absolute atomic E-state index is 0.167. The number of aryl methyl sites for hydroxylation is 2. The zero-order chi connectivity index (χ0) is 26.4. The molecule has 2 heterocycles. The van der Waals surface area contributed by atoms with Gasteiger partial charge in [0.05, 0.1) is 11.0 Å². The number of nitrogens with one attached hydrogen (secondary N) is 2. The zero-order valence-corrected chi connectivity index (χ0v) is 21.0. The van der Waals surface area contributed by atoms with Gasteiger partial charge in [-0.1, -0.05) is 30.3 Å². The number of anilines is 1. The number of carbonyl (C=O) groups excluding carboxylic acids is 3. The molecule has 0 unspecified atom stereocenters. The van der Waals surface area contributed by atoms with E-state index in [-0.39, 0.29) is 11.9 Å². The number of fused-ring (bicyclic) bond motifs is 1. The highest BCUT2D eigenvalue weighted by molar-refractivity contribution is 6.03. The van der Waals surface area contributed by atoms with E-state index in [4.69, 9.17) is 5.73 Å². The highest BCUT2D eigenvalue weighted by atomic mass is 16.2. The number of carbonyl (C=O) groups is 3. The molecule has 4 aromatic rings. The van der Waals surface area contributed by atoms with Gasteiger partial charge in [-0.05, 0) is 49.2 Å². The Hall–Kier alpha value is -4.60. The van der Waals surface area contributed by atoms with Crippen molar-refractivity contribution in [2.24, 2.45) is 5.73 Å². The predicted molar refractivity (Wildman–Crippen MR) is 142 cm³/mol. The summed E-state index contributed by atoms with van der Waals surface area (Å²) in [7, 11) is 1.75. The number of nitrogens with zero attached hydrogens (tertiary/aromatic N) is 4. The number of primary amides is 1. The molecule has 37 heavy (non-hydrogen) atoms. The van der Waals surface area contributed by atoms with Crippen molar-refractivity contribution in [3.05, 3.63) is 83.7 Å². The maximum atomic E-state index is 13.0. The summed E-state index contributed by atoms with van der Waals surface area (Å²) in [5, 5.41) is 5.84. The van der Waals surface area contributed by atoms with Crippen LogP contribution in [0.2, 0.25) is 0 Å². The minimum atomic E-state index is -0.551. The Labute approximate surface area is 215 Å². The van der Waals surface area contributed by atoms with Crippen molar-refractivity contribution in [3.8, 4) is 0 Å². The van der Waals surface area contributed by atoms with E-state index < -0.39 is 5.91 Å². The lowest BCUT2D eigenvalue weighted by Crippen LogP contribution is -2.37. The molecule has 0 saturated heterocycles. The first-order valence-corrected chi connectivity index (χ1v) is 12.2. The molecular weight excluding hydrogens is 470 g/mol. The molecule has 0 bridgehead atoms. The van der Waals surface area contributed by atoms with Gasteiger partial charge in [0.15, 0.2) is 0 Å². The van der Waals surface area contributed by atoms with Crippen LogP contribution in [0.4, 0.5) is 10.7 Å². The summed E-state index contributed by atoms with van der Waals surface area (Å²) >= 11 is 0. The second-order valence-electron chi connectivity index (χ2n) is 8.72. The van der Waals surface area contributed by atoms with Crippen LogP contribution in [-0.4, -0.2) is 50.5 Å².